The fourth-order valence-electron chi connectivity index (χ4n) is 2.24. The molecule has 3 rings (SSSR count). The number of amidine groups is 1. The number of benzene rings is 1. The average molecular weight is 384 g/mol. The van der Waals surface area contributed by atoms with Gasteiger partial charge in [-0.05, 0) is 24.3 Å². The summed E-state index contributed by atoms with van der Waals surface area (Å²) in [5, 5.41) is 2.78. The van der Waals surface area contributed by atoms with E-state index in [1.165, 1.54) is 17.4 Å². The van der Waals surface area contributed by atoms with Crippen molar-refractivity contribution in [3.8, 4) is 0 Å². The number of thiophene rings is 1. The number of halogens is 1. The summed E-state index contributed by atoms with van der Waals surface area (Å²) in [6, 6.07) is 10.3. The Kier molecular flexibility index (Phi) is 4.88. The van der Waals surface area contributed by atoms with Crippen molar-refractivity contribution in [1.29, 1.82) is 0 Å². The highest BCUT2D eigenvalue weighted by molar-refractivity contribution is 7.90. The third kappa shape index (κ3) is 3.77. The van der Waals surface area contributed by atoms with Crippen LogP contribution in [0.25, 0.3) is 0 Å². The Balaban J connectivity index is 1.56. The van der Waals surface area contributed by atoms with E-state index >= 15 is 0 Å². The summed E-state index contributed by atoms with van der Waals surface area (Å²) in [7, 11) is -3.54. The Hall–Kier alpha value is -1.90. The van der Waals surface area contributed by atoms with Crippen LogP contribution in [0.5, 0.6) is 0 Å². The van der Waals surface area contributed by atoms with Gasteiger partial charge in [-0.2, -0.15) is 0 Å². The molecular weight excluding hydrogens is 370 g/mol. The Morgan fingerprint density at radius 1 is 1.25 bits per heavy atom. The molecule has 1 aromatic heterocycles. The summed E-state index contributed by atoms with van der Waals surface area (Å²) >= 11 is 7.24. The maximum absolute atomic E-state index is 11.9. The zero-order valence-corrected chi connectivity index (χ0v) is 14.8. The van der Waals surface area contributed by atoms with Crippen molar-refractivity contribution in [1.82, 2.24) is 10.0 Å². The van der Waals surface area contributed by atoms with Crippen molar-refractivity contribution in [2.24, 2.45) is 4.99 Å². The Labute approximate surface area is 148 Å². The minimum Gasteiger partial charge on any atom is -0.351 e. The third-order valence-electron chi connectivity index (χ3n) is 3.36. The monoisotopic (exact) mass is 383 g/mol. The number of carbonyl (C=O) groups is 1. The van der Waals surface area contributed by atoms with Crippen molar-refractivity contribution in [2.45, 2.75) is 17.9 Å². The molecule has 0 radical (unpaired) electrons. The fourth-order valence-corrected chi connectivity index (χ4v) is 4.52. The van der Waals surface area contributed by atoms with Gasteiger partial charge in [-0.1, -0.05) is 23.7 Å². The molecule has 0 bridgehead atoms. The predicted molar refractivity (Wildman–Crippen MR) is 94.0 cm³/mol. The third-order valence-corrected chi connectivity index (χ3v) is 5.99. The highest BCUT2D eigenvalue weighted by Gasteiger charge is 2.29. The van der Waals surface area contributed by atoms with E-state index in [0.29, 0.717) is 16.4 Å². The van der Waals surface area contributed by atoms with Crippen LogP contribution in [0.15, 0.2) is 46.3 Å². The largest absolute Gasteiger partial charge is 0.351 e. The number of carbonyl (C=O) groups excluding carboxylic acids is 1. The molecule has 9 heteroatoms. The fraction of sp³-hybridized carbons (Fsp3) is 0.200. The second-order valence-electron chi connectivity index (χ2n) is 5.06. The van der Waals surface area contributed by atoms with Crippen LogP contribution in [0.2, 0.25) is 4.34 Å². The number of nitrogens with one attached hydrogen (secondary N) is 2. The van der Waals surface area contributed by atoms with E-state index in [0.717, 1.165) is 4.88 Å². The van der Waals surface area contributed by atoms with E-state index in [2.05, 4.69) is 15.0 Å². The van der Waals surface area contributed by atoms with E-state index in [1.54, 1.807) is 24.3 Å². The first kappa shape index (κ1) is 16.9. The van der Waals surface area contributed by atoms with Crippen molar-refractivity contribution in [3.05, 3.63) is 51.2 Å². The molecule has 24 heavy (non-hydrogen) atoms. The van der Waals surface area contributed by atoms with Crippen molar-refractivity contribution in [2.75, 3.05) is 6.54 Å². The van der Waals surface area contributed by atoms with Crippen LogP contribution in [-0.2, 0) is 21.4 Å². The van der Waals surface area contributed by atoms with Crippen LogP contribution in [0.3, 0.4) is 0 Å². The van der Waals surface area contributed by atoms with Crippen LogP contribution in [0.1, 0.15) is 16.9 Å². The number of hydrogen-bond acceptors (Lipinski definition) is 5. The van der Waals surface area contributed by atoms with Crippen LogP contribution in [-0.4, -0.2) is 26.7 Å². The van der Waals surface area contributed by atoms with Gasteiger partial charge in [0.25, 0.3) is 10.0 Å². The highest BCUT2D eigenvalue weighted by atomic mass is 35.5. The number of rotatable bonds is 5. The van der Waals surface area contributed by atoms with Crippen molar-refractivity contribution < 1.29 is 13.2 Å². The summed E-state index contributed by atoms with van der Waals surface area (Å²) in [6.07, 6.45) is 0.173. The second kappa shape index (κ2) is 6.92. The zero-order valence-electron chi connectivity index (χ0n) is 12.5. The van der Waals surface area contributed by atoms with Crippen molar-refractivity contribution >= 4 is 44.7 Å². The number of nitrogens with zero attached hydrogens (tertiary/aromatic N) is 1. The van der Waals surface area contributed by atoms with Gasteiger partial charge in [-0.25, -0.2) is 8.42 Å². The lowest BCUT2D eigenvalue weighted by Crippen LogP contribution is -2.25. The number of hydrogen-bond donors (Lipinski definition) is 2. The summed E-state index contributed by atoms with van der Waals surface area (Å²) < 4.78 is 27.0. The van der Waals surface area contributed by atoms with E-state index in [-0.39, 0.29) is 29.6 Å². The molecular formula is C15H14ClN3O3S2. The molecule has 1 aromatic carbocycles. The molecule has 6 nitrogen and oxygen atoms in total. The molecule has 0 aliphatic carbocycles. The van der Waals surface area contributed by atoms with E-state index in [1.807, 2.05) is 6.07 Å². The summed E-state index contributed by atoms with van der Waals surface area (Å²) in [6.45, 7) is 0.617. The molecule has 1 aliphatic rings. The molecule has 2 aromatic rings. The van der Waals surface area contributed by atoms with Gasteiger partial charge in [-0.3, -0.25) is 14.5 Å². The molecule has 2 heterocycles. The SMILES string of the molecule is O=C(CCN=C1NS(=O)(=O)c2ccccc21)NCc1ccc(Cl)s1. The number of fused-ring (bicyclic) bond motifs is 1. The molecule has 2 N–H and O–H groups in total. The van der Waals surface area contributed by atoms with Gasteiger partial charge < -0.3 is 5.32 Å². The first-order chi connectivity index (χ1) is 11.5. The van der Waals surface area contributed by atoms with E-state index in [9.17, 15) is 13.2 Å². The van der Waals surface area contributed by atoms with Crippen LogP contribution in [0.4, 0.5) is 0 Å². The Morgan fingerprint density at radius 3 is 2.79 bits per heavy atom. The normalized spacial score (nSPS) is 16.6. The number of amides is 1. The quantitative estimate of drug-likeness (QED) is 0.829. The maximum Gasteiger partial charge on any atom is 0.263 e. The zero-order chi connectivity index (χ0) is 17.2. The molecule has 0 spiro atoms. The van der Waals surface area contributed by atoms with Gasteiger partial charge in [0.2, 0.25) is 5.91 Å². The lowest BCUT2D eigenvalue weighted by molar-refractivity contribution is -0.121. The lowest BCUT2D eigenvalue weighted by atomic mass is 10.2. The smallest absolute Gasteiger partial charge is 0.263 e. The van der Waals surface area contributed by atoms with E-state index in [4.69, 9.17) is 11.6 Å². The minimum absolute atomic E-state index is 0.155. The molecule has 1 aliphatic heterocycles. The van der Waals surface area contributed by atoms with Crippen LogP contribution in [0, 0.1) is 0 Å². The maximum atomic E-state index is 11.9. The highest BCUT2D eigenvalue weighted by Crippen LogP contribution is 2.22. The molecule has 0 saturated carbocycles. The predicted octanol–water partition coefficient (Wildman–Crippen LogP) is 2.15. The van der Waals surface area contributed by atoms with Gasteiger partial charge in [0, 0.05) is 16.9 Å². The van der Waals surface area contributed by atoms with Gasteiger partial charge >= 0.3 is 0 Å². The first-order valence-corrected chi connectivity index (χ1v) is 9.81. The number of aliphatic imine (C=N–C) groups is 1. The summed E-state index contributed by atoms with van der Waals surface area (Å²) in [5.74, 6) is 0.126. The molecule has 126 valence electrons. The van der Waals surface area contributed by atoms with E-state index < -0.39 is 10.0 Å². The van der Waals surface area contributed by atoms with Crippen LogP contribution >= 0.6 is 22.9 Å². The van der Waals surface area contributed by atoms with Gasteiger partial charge in [-0.15, -0.1) is 11.3 Å². The topological polar surface area (TPSA) is 87.6 Å². The van der Waals surface area contributed by atoms with Gasteiger partial charge in [0.1, 0.15) is 5.84 Å². The molecule has 1 amide bonds. The van der Waals surface area contributed by atoms with Crippen LogP contribution < -0.4 is 10.0 Å². The van der Waals surface area contributed by atoms with Gasteiger partial charge in [0.15, 0.2) is 0 Å². The Morgan fingerprint density at radius 2 is 2.04 bits per heavy atom. The van der Waals surface area contributed by atoms with Crippen molar-refractivity contribution in [3.63, 3.8) is 0 Å². The summed E-state index contributed by atoms with van der Waals surface area (Å²) in [5.41, 5.74) is 0.533. The second-order valence-corrected chi connectivity index (χ2v) is 8.51. The molecule has 0 saturated heterocycles. The minimum atomic E-state index is -3.54. The van der Waals surface area contributed by atoms with Gasteiger partial charge in [0.05, 0.1) is 22.3 Å². The average Bonchev–Trinajstić information content (AvgIpc) is 3.07. The molecule has 0 fully saturated rings. The molecule has 0 unspecified atom stereocenters. The first-order valence-electron chi connectivity index (χ1n) is 7.13. The molecule has 0 atom stereocenters. The Bertz CT molecular complexity index is 906. The summed E-state index contributed by atoms with van der Waals surface area (Å²) in [4.78, 5) is 17.2. The number of sulfonamides is 1. The standard InChI is InChI=1S/C15H14ClN3O3S2/c16-13-6-5-10(23-13)9-18-14(20)7-8-17-15-11-3-1-2-4-12(11)24(21,22)19-15/h1-6H,7-9H2,(H,17,19)(H,18,20). The lowest BCUT2D eigenvalue weighted by Gasteiger charge is -2.02.